The van der Waals surface area contributed by atoms with Gasteiger partial charge in [-0.3, -0.25) is 4.40 Å². The fourth-order valence-electron chi connectivity index (χ4n) is 2.93. The van der Waals surface area contributed by atoms with Crippen molar-refractivity contribution in [2.45, 2.75) is 27.7 Å². The standard InChI is InChI=1S/C17H19N3/c1-10-8-13(4)20-14(9-10)19-16(17(20)18)15-11(2)6-5-7-12(15)3/h5-9H,18H2,1-4H3. The Kier molecular flexibility index (Phi) is 2.78. The molecule has 2 N–H and O–H groups in total. The minimum atomic E-state index is 0.718. The summed E-state index contributed by atoms with van der Waals surface area (Å²) in [6.07, 6.45) is 0. The molecule has 0 radical (unpaired) electrons. The SMILES string of the molecule is Cc1cc(C)n2c(N)c(-c3c(C)cccc3C)nc2c1. The first-order valence-electron chi connectivity index (χ1n) is 6.81. The zero-order valence-corrected chi connectivity index (χ0v) is 12.4. The number of aromatic nitrogens is 2. The van der Waals surface area contributed by atoms with Crippen molar-refractivity contribution in [1.82, 2.24) is 9.38 Å². The van der Waals surface area contributed by atoms with Crippen LogP contribution in [0.3, 0.4) is 0 Å². The summed E-state index contributed by atoms with van der Waals surface area (Å²) in [6.45, 7) is 8.34. The third-order valence-electron chi connectivity index (χ3n) is 3.80. The number of nitrogens with zero attached hydrogens (tertiary/aromatic N) is 2. The summed E-state index contributed by atoms with van der Waals surface area (Å²) in [5.41, 5.74) is 14.0. The van der Waals surface area contributed by atoms with E-state index in [1.165, 1.54) is 16.7 Å². The van der Waals surface area contributed by atoms with Crippen LogP contribution in [0.4, 0.5) is 5.82 Å². The van der Waals surface area contributed by atoms with Crippen molar-refractivity contribution in [3.63, 3.8) is 0 Å². The Morgan fingerprint density at radius 1 is 1.00 bits per heavy atom. The van der Waals surface area contributed by atoms with Crippen molar-refractivity contribution in [1.29, 1.82) is 0 Å². The van der Waals surface area contributed by atoms with Crippen LogP contribution in [-0.4, -0.2) is 9.38 Å². The van der Waals surface area contributed by atoms with Gasteiger partial charge in [-0.2, -0.15) is 0 Å². The second-order valence-corrected chi connectivity index (χ2v) is 5.48. The maximum Gasteiger partial charge on any atom is 0.139 e. The molecule has 3 rings (SSSR count). The molecule has 2 heterocycles. The lowest BCUT2D eigenvalue weighted by molar-refractivity contribution is 1.09. The van der Waals surface area contributed by atoms with Crippen LogP contribution in [0.25, 0.3) is 16.9 Å². The van der Waals surface area contributed by atoms with Crippen LogP contribution in [0.5, 0.6) is 0 Å². The number of benzene rings is 1. The molecule has 3 heteroatoms. The van der Waals surface area contributed by atoms with Crippen molar-refractivity contribution in [2.24, 2.45) is 0 Å². The molecule has 0 atom stereocenters. The zero-order chi connectivity index (χ0) is 14.4. The number of anilines is 1. The smallest absolute Gasteiger partial charge is 0.139 e. The van der Waals surface area contributed by atoms with Crippen LogP contribution >= 0.6 is 0 Å². The Balaban J connectivity index is 2.39. The van der Waals surface area contributed by atoms with Crippen LogP contribution < -0.4 is 5.73 Å². The first-order chi connectivity index (χ1) is 9.49. The van der Waals surface area contributed by atoms with Gasteiger partial charge in [0.05, 0.1) is 0 Å². The summed E-state index contributed by atoms with van der Waals surface area (Å²) < 4.78 is 2.02. The predicted octanol–water partition coefficient (Wildman–Crippen LogP) is 3.82. The van der Waals surface area contributed by atoms with Gasteiger partial charge in [-0.05, 0) is 56.5 Å². The molecule has 20 heavy (non-hydrogen) atoms. The van der Waals surface area contributed by atoms with Crippen LogP contribution in [0.15, 0.2) is 30.3 Å². The summed E-state index contributed by atoms with van der Waals surface area (Å²) in [4.78, 5) is 4.76. The number of nitrogens with two attached hydrogens (primary N) is 1. The first-order valence-corrected chi connectivity index (χ1v) is 6.81. The van der Waals surface area contributed by atoms with Gasteiger partial charge in [0.25, 0.3) is 0 Å². The van der Waals surface area contributed by atoms with Crippen LogP contribution in [-0.2, 0) is 0 Å². The van der Waals surface area contributed by atoms with Gasteiger partial charge >= 0.3 is 0 Å². The quantitative estimate of drug-likeness (QED) is 0.727. The van der Waals surface area contributed by atoms with Crippen molar-refractivity contribution >= 4 is 11.5 Å². The fourth-order valence-corrected chi connectivity index (χ4v) is 2.93. The van der Waals surface area contributed by atoms with Gasteiger partial charge in [-0.25, -0.2) is 4.98 Å². The molecule has 0 bridgehead atoms. The zero-order valence-electron chi connectivity index (χ0n) is 12.4. The van der Waals surface area contributed by atoms with Gasteiger partial charge in [-0.1, -0.05) is 18.2 Å². The molecule has 0 saturated carbocycles. The minimum absolute atomic E-state index is 0.718. The number of nitrogen functional groups attached to an aromatic ring is 1. The molecule has 0 fully saturated rings. The second-order valence-electron chi connectivity index (χ2n) is 5.48. The monoisotopic (exact) mass is 265 g/mol. The summed E-state index contributed by atoms with van der Waals surface area (Å²) in [5.74, 6) is 0.718. The molecule has 0 aliphatic rings. The lowest BCUT2D eigenvalue weighted by atomic mass is 10.0. The van der Waals surface area contributed by atoms with Crippen molar-refractivity contribution in [3.05, 3.63) is 52.7 Å². The molecule has 0 amide bonds. The predicted molar refractivity (Wildman–Crippen MR) is 84.0 cm³/mol. The molecule has 3 aromatic rings. The van der Waals surface area contributed by atoms with Gasteiger partial charge < -0.3 is 5.73 Å². The number of aryl methyl sites for hydroxylation is 4. The van der Waals surface area contributed by atoms with E-state index in [2.05, 4.69) is 58.0 Å². The molecule has 0 aliphatic heterocycles. The Hall–Kier alpha value is -2.29. The topological polar surface area (TPSA) is 43.3 Å². The van der Waals surface area contributed by atoms with Gasteiger partial charge in [0, 0.05) is 11.3 Å². The lowest BCUT2D eigenvalue weighted by Crippen LogP contribution is -1.99. The molecular formula is C17H19N3. The van der Waals surface area contributed by atoms with Gasteiger partial charge in [0.15, 0.2) is 0 Å². The average molecular weight is 265 g/mol. The van der Waals surface area contributed by atoms with E-state index < -0.39 is 0 Å². The molecule has 102 valence electrons. The first kappa shape index (κ1) is 12.7. The Labute approximate surface area is 119 Å². The summed E-state index contributed by atoms with van der Waals surface area (Å²) >= 11 is 0. The highest BCUT2D eigenvalue weighted by molar-refractivity contribution is 5.79. The maximum atomic E-state index is 6.36. The molecule has 0 aliphatic carbocycles. The minimum Gasteiger partial charge on any atom is -0.383 e. The molecule has 0 spiro atoms. The van der Waals surface area contributed by atoms with E-state index in [0.29, 0.717) is 0 Å². The van der Waals surface area contributed by atoms with Crippen molar-refractivity contribution in [2.75, 3.05) is 5.73 Å². The third-order valence-corrected chi connectivity index (χ3v) is 3.80. The number of hydrogen-bond acceptors (Lipinski definition) is 2. The van der Waals surface area contributed by atoms with E-state index in [0.717, 1.165) is 28.4 Å². The molecular weight excluding hydrogens is 246 g/mol. The number of pyridine rings is 1. The van der Waals surface area contributed by atoms with Gasteiger partial charge in [-0.15, -0.1) is 0 Å². The van der Waals surface area contributed by atoms with E-state index in [1.54, 1.807) is 0 Å². The normalized spacial score (nSPS) is 11.2. The molecule has 1 aromatic carbocycles. The fraction of sp³-hybridized carbons (Fsp3) is 0.235. The molecule has 2 aromatic heterocycles. The summed E-state index contributed by atoms with van der Waals surface area (Å²) in [7, 11) is 0. The number of hydrogen-bond donors (Lipinski definition) is 1. The molecule has 0 saturated heterocycles. The maximum absolute atomic E-state index is 6.36. The summed E-state index contributed by atoms with van der Waals surface area (Å²) in [5, 5.41) is 0. The van der Waals surface area contributed by atoms with Crippen molar-refractivity contribution in [3.8, 4) is 11.3 Å². The van der Waals surface area contributed by atoms with E-state index in [9.17, 15) is 0 Å². The van der Waals surface area contributed by atoms with E-state index >= 15 is 0 Å². The molecule has 0 unspecified atom stereocenters. The van der Waals surface area contributed by atoms with Crippen LogP contribution in [0.2, 0.25) is 0 Å². The van der Waals surface area contributed by atoms with Gasteiger partial charge in [0.2, 0.25) is 0 Å². The molecule has 3 nitrogen and oxygen atoms in total. The highest BCUT2D eigenvalue weighted by Crippen LogP contribution is 2.32. The highest BCUT2D eigenvalue weighted by Gasteiger charge is 2.16. The Morgan fingerprint density at radius 3 is 2.30 bits per heavy atom. The highest BCUT2D eigenvalue weighted by atomic mass is 15.1. The van der Waals surface area contributed by atoms with Gasteiger partial charge in [0.1, 0.15) is 17.2 Å². The Morgan fingerprint density at radius 2 is 1.65 bits per heavy atom. The largest absolute Gasteiger partial charge is 0.383 e. The number of imidazole rings is 1. The van der Waals surface area contributed by atoms with E-state index in [-0.39, 0.29) is 0 Å². The van der Waals surface area contributed by atoms with Crippen LogP contribution in [0, 0.1) is 27.7 Å². The second kappa shape index (κ2) is 4.37. The van der Waals surface area contributed by atoms with Crippen LogP contribution in [0.1, 0.15) is 22.4 Å². The number of fused-ring (bicyclic) bond motifs is 1. The number of rotatable bonds is 1. The average Bonchev–Trinajstić information content (AvgIpc) is 2.66. The summed E-state index contributed by atoms with van der Waals surface area (Å²) in [6, 6.07) is 10.5. The lowest BCUT2D eigenvalue weighted by Gasteiger charge is -2.08. The van der Waals surface area contributed by atoms with E-state index in [1.807, 2.05) is 4.40 Å². The third kappa shape index (κ3) is 1.78. The Bertz CT molecular complexity index is 792. The van der Waals surface area contributed by atoms with E-state index in [4.69, 9.17) is 10.7 Å². The van der Waals surface area contributed by atoms with Crippen molar-refractivity contribution < 1.29 is 0 Å².